The van der Waals surface area contributed by atoms with Crippen LogP contribution in [-0.4, -0.2) is 52.3 Å². The number of pyridine rings is 1. The maximum Gasteiger partial charge on any atom is 0.227 e. The Labute approximate surface area is 135 Å². The summed E-state index contributed by atoms with van der Waals surface area (Å²) in [6.07, 6.45) is 5.13. The van der Waals surface area contributed by atoms with E-state index in [1.807, 2.05) is 30.6 Å². The minimum Gasteiger partial charge on any atom is -0.393 e. The maximum absolute atomic E-state index is 9.63. The Kier molecular flexibility index (Phi) is 3.83. The van der Waals surface area contributed by atoms with E-state index in [2.05, 4.69) is 25.8 Å². The zero-order valence-electron chi connectivity index (χ0n) is 13.0. The molecule has 2 aliphatic rings. The average molecular weight is 311 g/mol. The second kappa shape index (κ2) is 6.12. The Morgan fingerprint density at radius 2 is 1.78 bits per heavy atom. The van der Waals surface area contributed by atoms with Crippen LogP contribution < -0.4 is 9.80 Å². The van der Waals surface area contributed by atoms with Gasteiger partial charge in [0.25, 0.3) is 0 Å². The number of nitrogens with zero attached hydrogens (tertiary/aromatic N) is 5. The first-order chi connectivity index (χ1) is 11.3. The number of anilines is 2. The van der Waals surface area contributed by atoms with Crippen LogP contribution in [0.5, 0.6) is 0 Å². The first-order valence-corrected chi connectivity index (χ1v) is 8.21. The largest absolute Gasteiger partial charge is 0.393 e. The van der Waals surface area contributed by atoms with Gasteiger partial charge in [0.15, 0.2) is 0 Å². The molecule has 2 aromatic heterocycles. The van der Waals surface area contributed by atoms with Crippen molar-refractivity contribution in [2.24, 2.45) is 0 Å². The summed E-state index contributed by atoms with van der Waals surface area (Å²) in [4.78, 5) is 18.0. The molecule has 23 heavy (non-hydrogen) atoms. The fourth-order valence-electron chi connectivity index (χ4n) is 3.21. The molecule has 1 N–H and O–H groups in total. The molecule has 0 radical (unpaired) electrons. The van der Waals surface area contributed by atoms with E-state index in [-0.39, 0.29) is 6.10 Å². The molecule has 4 rings (SSSR count). The van der Waals surface area contributed by atoms with Crippen LogP contribution in [0.1, 0.15) is 24.5 Å². The molecule has 4 heterocycles. The zero-order chi connectivity index (χ0) is 15.6. The van der Waals surface area contributed by atoms with E-state index in [1.165, 1.54) is 0 Å². The van der Waals surface area contributed by atoms with E-state index in [9.17, 15) is 5.11 Å². The number of rotatable bonds is 3. The van der Waals surface area contributed by atoms with Gasteiger partial charge in [-0.05, 0) is 31.0 Å². The normalized spacial score (nSPS) is 19.7. The highest BCUT2D eigenvalue weighted by atomic mass is 16.3. The molecule has 6 heteroatoms. The van der Waals surface area contributed by atoms with Gasteiger partial charge in [0.05, 0.1) is 6.10 Å². The molecule has 120 valence electrons. The first-order valence-electron chi connectivity index (χ1n) is 8.21. The third-order valence-electron chi connectivity index (χ3n) is 4.69. The van der Waals surface area contributed by atoms with E-state index >= 15 is 0 Å². The molecule has 2 saturated heterocycles. The standard InChI is InChI=1S/C17H21N5O/c23-14-5-9-21(10-6-14)16-4-8-19-17(20-16)22-11-13(12-22)15-3-1-2-7-18-15/h1-4,7-8,13-14,23H,5-6,9-12H2. The van der Waals surface area contributed by atoms with Crippen LogP contribution in [0.3, 0.4) is 0 Å². The van der Waals surface area contributed by atoms with Gasteiger partial charge >= 0.3 is 0 Å². The average Bonchev–Trinajstić information content (AvgIpc) is 2.55. The molecular formula is C17H21N5O. The van der Waals surface area contributed by atoms with Crippen LogP contribution in [0.2, 0.25) is 0 Å². The number of hydrogen-bond donors (Lipinski definition) is 1. The van der Waals surface area contributed by atoms with E-state index in [4.69, 9.17) is 4.98 Å². The van der Waals surface area contributed by atoms with Gasteiger partial charge in [-0.2, -0.15) is 4.98 Å². The molecule has 0 unspecified atom stereocenters. The highest BCUT2D eigenvalue weighted by molar-refractivity contribution is 5.46. The SMILES string of the molecule is OC1CCN(c2ccnc(N3CC(c4ccccn4)C3)n2)CC1. The van der Waals surface area contributed by atoms with Gasteiger partial charge in [-0.3, -0.25) is 4.98 Å². The minimum absolute atomic E-state index is 0.165. The zero-order valence-corrected chi connectivity index (χ0v) is 13.0. The second-order valence-electron chi connectivity index (χ2n) is 6.29. The number of aromatic nitrogens is 3. The molecule has 0 amide bonds. The summed E-state index contributed by atoms with van der Waals surface area (Å²) in [5.41, 5.74) is 1.14. The Bertz CT molecular complexity index is 651. The smallest absolute Gasteiger partial charge is 0.227 e. The number of piperidine rings is 1. The monoisotopic (exact) mass is 311 g/mol. The number of aliphatic hydroxyl groups is 1. The first kappa shape index (κ1) is 14.4. The number of hydrogen-bond acceptors (Lipinski definition) is 6. The lowest BCUT2D eigenvalue weighted by molar-refractivity contribution is 0.145. The summed E-state index contributed by atoms with van der Waals surface area (Å²) in [5, 5.41) is 9.63. The molecule has 2 aliphatic heterocycles. The van der Waals surface area contributed by atoms with E-state index in [0.717, 1.165) is 56.5 Å². The number of aliphatic hydroxyl groups excluding tert-OH is 1. The van der Waals surface area contributed by atoms with Gasteiger partial charge < -0.3 is 14.9 Å². The van der Waals surface area contributed by atoms with Gasteiger partial charge in [0.2, 0.25) is 5.95 Å². The predicted octanol–water partition coefficient (Wildman–Crippen LogP) is 1.44. The second-order valence-corrected chi connectivity index (χ2v) is 6.29. The Morgan fingerprint density at radius 1 is 0.957 bits per heavy atom. The van der Waals surface area contributed by atoms with Crippen molar-refractivity contribution in [2.45, 2.75) is 24.9 Å². The molecule has 0 aliphatic carbocycles. The fourth-order valence-corrected chi connectivity index (χ4v) is 3.21. The molecule has 6 nitrogen and oxygen atoms in total. The molecule has 2 fully saturated rings. The highest BCUT2D eigenvalue weighted by Crippen LogP contribution is 2.29. The summed E-state index contributed by atoms with van der Waals surface area (Å²) >= 11 is 0. The van der Waals surface area contributed by atoms with Gasteiger partial charge in [-0.25, -0.2) is 4.98 Å². The minimum atomic E-state index is -0.165. The molecule has 0 spiro atoms. The van der Waals surface area contributed by atoms with Crippen LogP contribution in [-0.2, 0) is 0 Å². The van der Waals surface area contributed by atoms with Crippen molar-refractivity contribution in [3.05, 3.63) is 42.4 Å². The van der Waals surface area contributed by atoms with Crippen LogP contribution in [0.15, 0.2) is 36.7 Å². The summed E-state index contributed by atoms with van der Waals surface area (Å²) in [7, 11) is 0. The van der Waals surface area contributed by atoms with Crippen LogP contribution in [0, 0.1) is 0 Å². The van der Waals surface area contributed by atoms with E-state index < -0.39 is 0 Å². The Morgan fingerprint density at radius 3 is 2.52 bits per heavy atom. The van der Waals surface area contributed by atoms with E-state index in [1.54, 1.807) is 0 Å². The van der Waals surface area contributed by atoms with E-state index in [0.29, 0.717) is 5.92 Å². The van der Waals surface area contributed by atoms with Crippen LogP contribution >= 0.6 is 0 Å². The van der Waals surface area contributed by atoms with Crippen molar-refractivity contribution in [1.82, 2.24) is 15.0 Å². The quantitative estimate of drug-likeness (QED) is 0.925. The molecule has 0 aromatic carbocycles. The Balaban J connectivity index is 1.42. The summed E-state index contributed by atoms with van der Waals surface area (Å²) < 4.78 is 0. The molecular weight excluding hydrogens is 290 g/mol. The summed E-state index contributed by atoms with van der Waals surface area (Å²) in [5.74, 6) is 2.22. The van der Waals surface area contributed by atoms with Crippen molar-refractivity contribution in [3.8, 4) is 0 Å². The lowest BCUT2D eigenvalue weighted by atomic mass is 9.96. The lowest BCUT2D eigenvalue weighted by Crippen LogP contribution is -2.46. The molecule has 2 aromatic rings. The van der Waals surface area contributed by atoms with Crippen molar-refractivity contribution in [1.29, 1.82) is 0 Å². The van der Waals surface area contributed by atoms with Gasteiger partial charge in [-0.1, -0.05) is 6.07 Å². The van der Waals surface area contributed by atoms with Crippen molar-refractivity contribution in [3.63, 3.8) is 0 Å². The topological polar surface area (TPSA) is 65.4 Å². The third kappa shape index (κ3) is 2.99. The van der Waals surface area contributed by atoms with Gasteiger partial charge in [0, 0.05) is 50.2 Å². The van der Waals surface area contributed by atoms with Gasteiger partial charge in [0.1, 0.15) is 5.82 Å². The molecule has 0 bridgehead atoms. The lowest BCUT2D eigenvalue weighted by Gasteiger charge is -2.39. The molecule has 0 atom stereocenters. The Hall–Kier alpha value is -2.21. The van der Waals surface area contributed by atoms with Crippen molar-refractivity contribution >= 4 is 11.8 Å². The third-order valence-corrected chi connectivity index (χ3v) is 4.69. The predicted molar refractivity (Wildman–Crippen MR) is 88.7 cm³/mol. The molecule has 0 saturated carbocycles. The van der Waals surface area contributed by atoms with Crippen molar-refractivity contribution < 1.29 is 5.11 Å². The van der Waals surface area contributed by atoms with Crippen LogP contribution in [0.4, 0.5) is 11.8 Å². The maximum atomic E-state index is 9.63. The van der Waals surface area contributed by atoms with Gasteiger partial charge in [-0.15, -0.1) is 0 Å². The van der Waals surface area contributed by atoms with Crippen molar-refractivity contribution in [2.75, 3.05) is 36.0 Å². The summed E-state index contributed by atoms with van der Waals surface area (Å²) in [6.45, 7) is 3.54. The fraction of sp³-hybridized carbons (Fsp3) is 0.471. The van der Waals surface area contributed by atoms with Crippen LogP contribution in [0.25, 0.3) is 0 Å². The highest BCUT2D eigenvalue weighted by Gasteiger charge is 2.31. The summed E-state index contributed by atoms with van der Waals surface area (Å²) in [6, 6.07) is 8.02.